The second-order valence-corrected chi connectivity index (χ2v) is 6.79. The summed E-state index contributed by atoms with van der Waals surface area (Å²) in [5.41, 5.74) is 1.03. The molecule has 0 atom stereocenters. The fourth-order valence-corrected chi connectivity index (χ4v) is 3.11. The van der Waals surface area contributed by atoms with Gasteiger partial charge in [-0.2, -0.15) is 0 Å². The van der Waals surface area contributed by atoms with Gasteiger partial charge in [0.15, 0.2) is 5.96 Å². The van der Waals surface area contributed by atoms with Crippen LogP contribution in [-0.2, 0) is 6.54 Å². The number of hydrogen-bond acceptors (Lipinski definition) is 4. The van der Waals surface area contributed by atoms with Gasteiger partial charge in [-0.1, -0.05) is 31.1 Å². The standard InChI is InChI=1S/C20H31N5O2/c1-2-12-21-20(22-13-7-16-24-14-5-3-4-6-15-24)23-17-18-8-10-19(11-9-18)25(26)27/h2,8-11H,1,3-7,12-17H2,(H2,21,22,23). The van der Waals surface area contributed by atoms with Crippen molar-refractivity contribution in [1.29, 1.82) is 0 Å². The molecule has 7 nitrogen and oxygen atoms in total. The third-order valence-electron chi connectivity index (χ3n) is 4.62. The Bertz CT molecular complexity index is 607. The molecule has 7 heteroatoms. The summed E-state index contributed by atoms with van der Waals surface area (Å²) in [6, 6.07) is 6.50. The number of nitrogens with zero attached hydrogens (tertiary/aromatic N) is 3. The molecule has 1 aromatic rings. The zero-order chi connectivity index (χ0) is 19.3. The van der Waals surface area contributed by atoms with E-state index >= 15 is 0 Å². The molecule has 2 rings (SSSR count). The maximum absolute atomic E-state index is 10.7. The third kappa shape index (κ3) is 8.21. The van der Waals surface area contributed by atoms with Crippen LogP contribution in [0, 0.1) is 10.1 Å². The highest BCUT2D eigenvalue weighted by Crippen LogP contribution is 2.12. The first-order valence-corrected chi connectivity index (χ1v) is 9.78. The molecule has 0 unspecified atom stereocenters. The predicted octanol–water partition coefficient (Wildman–Crippen LogP) is 3.08. The van der Waals surface area contributed by atoms with Crippen molar-refractivity contribution in [3.63, 3.8) is 0 Å². The van der Waals surface area contributed by atoms with Crippen LogP contribution in [0.3, 0.4) is 0 Å². The third-order valence-corrected chi connectivity index (χ3v) is 4.62. The van der Waals surface area contributed by atoms with Gasteiger partial charge < -0.3 is 15.5 Å². The van der Waals surface area contributed by atoms with Gasteiger partial charge in [-0.3, -0.25) is 10.1 Å². The lowest BCUT2D eigenvalue weighted by atomic mass is 10.2. The molecule has 27 heavy (non-hydrogen) atoms. The maximum atomic E-state index is 10.7. The number of guanidine groups is 1. The minimum Gasteiger partial charge on any atom is -0.356 e. The zero-order valence-corrected chi connectivity index (χ0v) is 16.0. The molecule has 0 bridgehead atoms. The molecule has 0 aromatic heterocycles. The van der Waals surface area contributed by atoms with Gasteiger partial charge >= 0.3 is 0 Å². The molecule has 2 N–H and O–H groups in total. The lowest BCUT2D eigenvalue weighted by Crippen LogP contribution is -2.39. The Morgan fingerprint density at radius 2 is 1.89 bits per heavy atom. The van der Waals surface area contributed by atoms with Gasteiger partial charge in [-0.15, -0.1) is 6.58 Å². The highest BCUT2D eigenvalue weighted by Gasteiger charge is 2.08. The largest absolute Gasteiger partial charge is 0.356 e. The van der Waals surface area contributed by atoms with Gasteiger partial charge in [0.25, 0.3) is 5.69 Å². The molecule has 1 saturated heterocycles. The number of likely N-dealkylation sites (tertiary alicyclic amines) is 1. The molecule has 1 aliphatic rings. The summed E-state index contributed by atoms with van der Waals surface area (Å²) in [6.45, 7) is 9.25. The van der Waals surface area contributed by atoms with E-state index < -0.39 is 4.92 Å². The fourth-order valence-electron chi connectivity index (χ4n) is 3.11. The van der Waals surface area contributed by atoms with Gasteiger partial charge in [0.1, 0.15) is 0 Å². The maximum Gasteiger partial charge on any atom is 0.269 e. The van der Waals surface area contributed by atoms with Gasteiger partial charge in [-0.25, -0.2) is 4.99 Å². The lowest BCUT2D eigenvalue weighted by molar-refractivity contribution is -0.384. The smallest absolute Gasteiger partial charge is 0.269 e. The van der Waals surface area contributed by atoms with Crippen molar-refractivity contribution in [2.24, 2.45) is 4.99 Å². The number of non-ortho nitro benzene ring substituents is 1. The summed E-state index contributed by atoms with van der Waals surface area (Å²) in [5.74, 6) is 0.740. The summed E-state index contributed by atoms with van der Waals surface area (Å²) in [7, 11) is 0. The second kappa shape index (κ2) is 12.1. The Morgan fingerprint density at radius 1 is 1.19 bits per heavy atom. The normalized spacial score (nSPS) is 15.8. The molecule has 1 aliphatic heterocycles. The van der Waals surface area contributed by atoms with Crippen molar-refractivity contribution in [3.8, 4) is 0 Å². The Kier molecular flexibility index (Phi) is 9.34. The molecule has 0 spiro atoms. The quantitative estimate of drug-likeness (QED) is 0.174. The van der Waals surface area contributed by atoms with E-state index in [1.54, 1.807) is 18.2 Å². The number of aliphatic imine (C=N–C) groups is 1. The van der Waals surface area contributed by atoms with Crippen molar-refractivity contribution in [3.05, 3.63) is 52.6 Å². The average molecular weight is 374 g/mol. The number of rotatable bonds is 9. The Morgan fingerprint density at radius 3 is 2.52 bits per heavy atom. The van der Waals surface area contributed by atoms with Gasteiger partial charge in [0.2, 0.25) is 0 Å². The van der Waals surface area contributed by atoms with Gasteiger partial charge in [0.05, 0.1) is 11.5 Å². The number of hydrogen-bond donors (Lipinski definition) is 2. The second-order valence-electron chi connectivity index (χ2n) is 6.79. The van der Waals surface area contributed by atoms with E-state index in [1.807, 2.05) is 0 Å². The van der Waals surface area contributed by atoms with Crippen LogP contribution in [0.15, 0.2) is 41.9 Å². The molecule has 0 saturated carbocycles. The number of nitro benzene ring substituents is 1. The molecule has 1 aromatic carbocycles. The predicted molar refractivity (Wildman–Crippen MR) is 110 cm³/mol. The van der Waals surface area contributed by atoms with E-state index in [1.165, 1.54) is 50.9 Å². The van der Waals surface area contributed by atoms with Crippen LogP contribution in [0.25, 0.3) is 0 Å². The minimum absolute atomic E-state index is 0.0966. The first-order valence-electron chi connectivity index (χ1n) is 9.78. The Labute approximate surface area is 161 Å². The van der Waals surface area contributed by atoms with Crippen LogP contribution in [0.1, 0.15) is 37.7 Å². The molecule has 0 amide bonds. The van der Waals surface area contributed by atoms with Crippen LogP contribution in [-0.4, -0.2) is 48.5 Å². The van der Waals surface area contributed by atoms with Crippen molar-refractivity contribution < 1.29 is 4.92 Å². The van der Waals surface area contributed by atoms with E-state index in [2.05, 4.69) is 27.1 Å². The average Bonchev–Trinajstić information content (AvgIpc) is 2.95. The highest BCUT2D eigenvalue weighted by atomic mass is 16.6. The first kappa shape index (κ1) is 20.9. The summed E-state index contributed by atoms with van der Waals surface area (Å²) in [6.07, 6.45) is 8.22. The van der Waals surface area contributed by atoms with E-state index in [9.17, 15) is 10.1 Å². The topological polar surface area (TPSA) is 82.8 Å². The van der Waals surface area contributed by atoms with Crippen LogP contribution in [0.2, 0.25) is 0 Å². The van der Waals surface area contributed by atoms with Crippen molar-refractivity contribution in [2.75, 3.05) is 32.7 Å². The summed E-state index contributed by atoms with van der Waals surface area (Å²) >= 11 is 0. The molecule has 1 fully saturated rings. The summed E-state index contributed by atoms with van der Waals surface area (Å²) < 4.78 is 0. The summed E-state index contributed by atoms with van der Waals surface area (Å²) in [4.78, 5) is 17.5. The first-order chi connectivity index (χ1) is 13.2. The lowest BCUT2D eigenvalue weighted by Gasteiger charge is -2.20. The van der Waals surface area contributed by atoms with Gasteiger partial charge in [-0.05, 0) is 44.5 Å². The Hall–Kier alpha value is -2.41. The van der Waals surface area contributed by atoms with Crippen LogP contribution in [0.4, 0.5) is 5.69 Å². The van der Waals surface area contributed by atoms with Crippen molar-refractivity contribution in [1.82, 2.24) is 15.5 Å². The summed E-state index contributed by atoms with van der Waals surface area (Å²) in [5, 5.41) is 17.3. The monoisotopic (exact) mass is 373 g/mol. The van der Waals surface area contributed by atoms with Gasteiger partial charge in [0, 0.05) is 25.2 Å². The molecule has 0 radical (unpaired) electrons. The highest BCUT2D eigenvalue weighted by molar-refractivity contribution is 5.79. The molecular formula is C20H31N5O2. The zero-order valence-electron chi connectivity index (χ0n) is 16.0. The van der Waals surface area contributed by atoms with E-state index in [-0.39, 0.29) is 5.69 Å². The molecule has 1 heterocycles. The fraction of sp³-hybridized carbons (Fsp3) is 0.550. The Balaban J connectivity index is 1.79. The number of nitrogens with one attached hydrogen (secondary N) is 2. The molecule has 0 aliphatic carbocycles. The molecular weight excluding hydrogens is 342 g/mol. The van der Waals surface area contributed by atoms with Crippen molar-refractivity contribution in [2.45, 2.75) is 38.6 Å². The SMILES string of the molecule is C=CCNC(=NCc1ccc([N+](=O)[O-])cc1)NCCCN1CCCCCC1. The van der Waals surface area contributed by atoms with E-state index in [0.717, 1.165) is 31.0 Å². The molecule has 148 valence electrons. The van der Waals surface area contributed by atoms with E-state index in [0.29, 0.717) is 13.1 Å². The van der Waals surface area contributed by atoms with Crippen molar-refractivity contribution >= 4 is 11.6 Å². The van der Waals surface area contributed by atoms with E-state index in [4.69, 9.17) is 0 Å². The number of benzene rings is 1. The van der Waals surface area contributed by atoms with Crippen LogP contribution in [0.5, 0.6) is 0 Å². The van der Waals surface area contributed by atoms with Crippen LogP contribution < -0.4 is 10.6 Å². The number of nitro groups is 1. The minimum atomic E-state index is -0.393. The van der Waals surface area contributed by atoms with Crippen LogP contribution >= 0.6 is 0 Å².